The minimum atomic E-state index is -1.31. The molecule has 1 rings (SSSR count). The van der Waals surface area contributed by atoms with E-state index in [9.17, 15) is 9.90 Å². The number of methoxy groups -OCH3 is 1. The van der Waals surface area contributed by atoms with Crippen molar-refractivity contribution >= 4 is 28.0 Å². The molecule has 2 N–H and O–H groups in total. The Morgan fingerprint density at radius 3 is 2.71 bits per heavy atom. The Labute approximate surface area is 106 Å². The van der Waals surface area contributed by atoms with Gasteiger partial charge in [0.15, 0.2) is 11.5 Å². The van der Waals surface area contributed by atoms with Gasteiger partial charge in [0.2, 0.25) is 0 Å². The van der Waals surface area contributed by atoms with E-state index in [0.29, 0.717) is 10.0 Å². The van der Waals surface area contributed by atoms with Crippen LogP contribution < -0.4 is 4.74 Å². The van der Waals surface area contributed by atoms with Gasteiger partial charge in [0.25, 0.3) is 0 Å². The second-order valence-corrected chi connectivity index (χ2v) is 3.88. The number of carbonyl (C=O) groups is 1. The molecular weight excluding hydrogens is 290 g/mol. The van der Waals surface area contributed by atoms with E-state index in [0.717, 1.165) is 0 Å². The van der Waals surface area contributed by atoms with Gasteiger partial charge < -0.3 is 14.9 Å². The van der Waals surface area contributed by atoms with Gasteiger partial charge in [0, 0.05) is 0 Å². The van der Waals surface area contributed by atoms with Crippen LogP contribution in [-0.2, 0) is 4.79 Å². The molecule has 0 aromatic heterocycles. The van der Waals surface area contributed by atoms with Crippen LogP contribution >= 0.6 is 15.9 Å². The van der Waals surface area contributed by atoms with Gasteiger partial charge in [-0.25, -0.2) is 4.79 Å². The average molecular weight is 298 g/mol. The fourth-order valence-electron chi connectivity index (χ4n) is 1.14. The van der Waals surface area contributed by atoms with Crippen molar-refractivity contribution < 1.29 is 19.7 Å². The molecule has 1 aromatic carbocycles. The zero-order valence-corrected chi connectivity index (χ0v) is 10.4. The fourth-order valence-corrected chi connectivity index (χ4v) is 1.60. The predicted molar refractivity (Wildman–Crippen MR) is 63.6 cm³/mol. The number of rotatable bonds is 3. The standard InChI is InChI=1S/C11H8BrNO4/c1-17-9-4-6(3-8(12)10(9)14)2-7(5-13)11(15)16/h2-4,14H,1H3,(H,15,16)/b7-2-. The van der Waals surface area contributed by atoms with Gasteiger partial charge in [0.1, 0.15) is 11.6 Å². The van der Waals surface area contributed by atoms with E-state index in [1.165, 1.54) is 25.3 Å². The van der Waals surface area contributed by atoms with Crippen LogP contribution in [0.25, 0.3) is 6.08 Å². The minimum Gasteiger partial charge on any atom is -0.503 e. The van der Waals surface area contributed by atoms with Crippen molar-refractivity contribution in [1.82, 2.24) is 0 Å². The van der Waals surface area contributed by atoms with Crippen LogP contribution in [0.5, 0.6) is 11.5 Å². The van der Waals surface area contributed by atoms with Gasteiger partial charge in [-0.3, -0.25) is 0 Å². The number of carboxylic acids is 1. The largest absolute Gasteiger partial charge is 0.503 e. The summed E-state index contributed by atoms with van der Waals surface area (Å²) in [4.78, 5) is 10.7. The molecule has 17 heavy (non-hydrogen) atoms. The molecule has 0 radical (unpaired) electrons. The van der Waals surface area contributed by atoms with Crippen LogP contribution in [0.3, 0.4) is 0 Å². The maximum absolute atomic E-state index is 10.7. The van der Waals surface area contributed by atoms with E-state index < -0.39 is 11.5 Å². The molecule has 0 atom stereocenters. The lowest BCUT2D eigenvalue weighted by Gasteiger charge is -2.06. The van der Waals surface area contributed by atoms with Gasteiger partial charge in [0.05, 0.1) is 11.6 Å². The first-order valence-corrected chi connectivity index (χ1v) is 5.20. The lowest BCUT2D eigenvalue weighted by atomic mass is 10.1. The van der Waals surface area contributed by atoms with Crippen molar-refractivity contribution in [3.05, 3.63) is 27.7 Å². The number of hydrogen-bond acceptors (Lipinski definition) is 4. The number of nitrogens with zero attached hydrogens (tertiary/aromatic N) is 1. The van der Waals surface area contributed by atoms with Crippen LogP contribution in [0.15, 0.2) is 22.2 Å². The average Bonchev–Trinajstić information content (AvgIpc) is 2.29. The Bertz CT molecular complexity index is 531. The molecule has 0 aliphatic rings. The third-order valence-corrected chi connectivity index (χ3v) is 2.54. The van der Waals surface area contributed by atoms with Gasteiger partial charge in [-0.15, -0.1) is 0 Å². The van der Waals surface area contributed by atoms with Crippen molar-refractivity contribution in [3.63, 3.8) is 0 Å². The molecule has 5 nitrogen and oxygen atoms in total. The number of halogens is 1. The topological polar surface area (TPSA) is 90.5 Å². The molecule has 0 fully saturated rings. The lowest BCUT2D eigenvalue weighted by molar-refractivity contribution is -0.132. The van der Waals surface area contributed by atoms with E-state index in [1.54, 1.807) is 6.07 Å². The smallest absolute Gasteiger partial charge is 0.346 e. The summed E-state index contributed by atoms with van der Waals surface area (Å²) >= 11 is 3.10. The highest BCUT2D eigenvalue weighted by Crippen LogP contribution is 2.35. The Hall–Kier alpha value is -2.00. The quantitative estimate of drug-likeness (QED) is 0.659. The van der Waals surface area contributed by atoms with E-state index in [-0.39, 0.29) is 11.5 Å². The molecular formula is C11H8BrNO4. The highest BCUT2D eigenvalue weighted by atomic mass is 79.9. The number of ether oxygens (including phenoxy) is 1. The normalized spacial score (nSPS) is 10.8. The van der Waals surface area contributed by atoms with Crippen LogP contribution in [0.2, 0.25) is 0 Å². The Balaban J connectivity index is 3.30. The van der Waals surface area contributed by atoms with Crippen molar-refractivity contribution in [2.75, 3.05) is 7.11 Å². The first-order chi connectivity index (χ1) is 7.99. The summed E-state index contributed by atoms with van der Waals surface area (Å²) in [6.45, 7) is 0. The van der Waals surface area contributed by atoms with Gasteiger partial charge in [-0.05, 0) is 39.7 Å². The SMILES string of the molecule is COc1cc(/C=C(/C#N)C(=O)O)cc(Br)c1O. The molecule has 0 amide bonds. The van der Waals surface area contributed by atoms with Crippen molar-refractivity contribution in [2.24, 2.45) is 0 Å². The summed E-state index contributed by atoms with van der Waals surface area (Å²) in [7, 11) is 1.37. The molecule has 0 unspecified atom stereocenters. The minimum absolute atomic E-state index is 0.0847. The third kappa shape index (κ3) is 2.98. The lowest BCUT2D eigenvalue weighted by Crippen LogP contribution is -1.97. The summed E-state index contributed by atoms with van der Waals surface area (Å²) in [6, 6.07) is 4.48. The molecule has 0 spiro atoms. The number of aromatic hydroxyl groups is 1. The highest BCUT2D eigenvalue weighted by Gasteiger charge is 2.10. The van der Waals surface area contributed by atoms with E-state index in [2.05, 4.69) is 15.9 Å². The van der Waals surface area contributed by atoms with Crippen LogP contribution in [0, 0.1) is 11.3 Å². The molecule has 0 heterocycles. The summed E-state index contributed by atoms with van der Waals surface area (Å²) in [6.07, 6.45) is 1.19. The van der Waals surface area contributed by atoms with Crippen LogP contribution in [-0.4, -0.2) is 23.3 Å². The first-order valence-electron chi connectivity index (χ1n) is 4.41. The monoisotopic (exact) mass is 297 g/mol. The van der Waals surface area contributed by atoms with Gasteiger partial charge in [-0.1, -0.05) is 0 Å². The Morgan fingerprint density at radius 1 is 1.59 bits per heavy atom. The van der Waals surface area contributed by atoms with Gasteiger partial charge >= 0.3 is 5.97 Å². The molecule has 0 bridgehead atoms. The van der Waals surface area contributed by atoms with Crippen molar-refractivity contribution in [1.29, 1.82) is 5.26 Å². The number of carboxylic acid groups (broad SMARTS) is 1. The Morgan fingerprint density at radius 2 is 2.24 bits per heavy atom. The number of hydrogen-bond donors (Lipinski definition) is 2. The maximum atomic E-state index is 10.7. The number of aliphatic carboxylic acids is 1. The van der Waals surface area contributed by atoms with Crippen LogP contribution in [0.1, 0.15) is 5.56 Å². The number of benzene rings is 1. The highest BCUT2D eigenvalue weighted by molar-refractivity contribution is 9.10. The predicted octanol–water partition coefficient (Wildman–Crippen LogP) is 2.15. The number of phenols is 1. The Kier molecular flexibility index (Phi) is 4.12. The third-order valence-electron chi connectivity index (χ3n) is 1.93. The molecule has 0 aliphatic heterocycles. The van der Waals surface area contributed by atoms with Gasteiger partial charge in [-0.2, -0.15) is 5.26 Å². The summed E-state index contributed by atoms with van der Waals surface area (Å²) in [5, 5.41) is 26.9. The first kappa shape index (κ1) is 13.1. The van der Waals surface area contributed by atoms with Crippen molar-refractivity contribution in [3.8, 4) is 17.6 Å². The molecule has 0 aliphatic carbocycles. The molecule has 1 aromatic rings. The summed E-state index contributed by atoms with van der Waals surface area (Å²) in [5.41, 5.74) is 0.0371. The van der Waals surface area contributed by atoms with E-state index >= 15 is 0 Å². The zero-order valence-electron chi connectivity index (χ0n) is 8.77. The molecule has 88 valence electrons. The number of phenolic OH excluding ortho intramolecular Hbond substituents is 1. The maximum Gasteiger partial charge on any atom is 0.346 e. The number of nitriles is 1. The van der Waals surface area contributed by atoms with E-state index in [4.69, 9.17) is 15.1 Å². The molecule has 0 saturated carbocycles. The second kappa shape index (κ2) is 5.37. The molecule has 6 heteroatoms. The van der Waals surface area contributed by atoms with Crippen LogP contribution in [0.4, 0.5) is 0 Å². The van der Waals surface area contributed by atoms with E-state index in [1.807, 2.05) is 0 Å². The zero-order chi connectivity index (χ0) is 13.0. The fraction of sp³-hybridized carbons (Fsp3) is 0.0909. The van der Waals surface area contributed by atoms with Crippen molar-refractivity contribution in [2.45, 2.75) is 0 Å². The second-order valence-electron chi connectivity index (χ2n) is 3.03. The summed E-state index contributed by atoms with van der Waals surface area (Å²) < 4.78 is 5.26. The summed E-state index contributed by atoms with van der Waals surface area (Å²) in [5.74, 6) is -1.21. The molecule has 0 saturated heterocycles.